The molecule has 2 aromatic heterocycles. The van der Waals surface area contributed by atoms with Gasteiger partial charge in [0, 0.05) is 17.6 Å². The van der Waals surface area contributed by atoms with Crippen molar-refractivity contribution < 1.29 is 9.53 Å². The van der Waals surface area contributed by atoms with Crippen molar-refractivity contribution in [1.82, 2.24) is 15.2 Å². The van der Waals surface area contributed by atoms with E-state index in [1.54, 1.807) is 17.5 Å². The molecule has 0 radical (unpaired) electrons. The average molecular weight is 361 g/mol. The van der Waals surface area contributed by atoms with E-state index in [4.69, 9.17) is 17.0 Å². The first-order chi connectivity index (χ1) is 11.6. The molecule has 3 rings (SSSR count). The third-order valence-electron chi connectivity index (χ3n) is 4.15. The predicted octanol–water partition coefficient (Wildman–Crippen LogP) is 2.99. The lowest BCUT2D eigenvalue weighted by Crippen LogP contribution is -2.31. The van der Waals surface area contributed by atoms with Crippen LogP contribution in [0.2, 0.25) is 0 Å². The van der Waals surface area contributed by atoms with E-state index < -0.39 is 0 Å². The number of hydrogen-bond acceptors (Lipinski definition) is 5. The molecule has 2 atom stereocenters. The summed E-state index contributed by atoms with van der Waals surface area (Å²) in [6.45, 7) is 2.62. The van der Waals surface area contributed by atoms with E-state index >= 15 is 0 Å². The number of thiophene rings is 1. The van der Waals surface area contributed by atoms with Crippen molar-refractivity contribution in [3.63, 3.8) is 0 Å². The van der Waals surface area contributed by atoms with E-state index in [0.29, 0.717) is 18.1 Å². The van der Waals surface area contributed by atoms with E-state index in [0.717, 1.165) is 5.69 Å². The second kappa shape index (κ2) is 7.27. The number of aryl methyl sites for hydroxylation is 1. The molecule has 1 N–H and O–H groups in total. The first-order valence-corrected chi connectivity index (χ1v) is 8.99. The van der Waals surface area contributed by atoms with Crippen LogP contribution < -0.4 is 5.32 Å². The van der Waals surface area contributed by atoms with Gasteiger partial charge in [0.05, 0.1) is 31.3 Å². The summed E-state index contributed by atoms with van der Waals surface area (Å²) >= 11 is 7.25. The monoisotopic (exact) mass is 361 g/mol. The number of nitrogens with one attached hydrogen (secondary N) is 1. The Morgan fingerprint density at radius 3 is 2.92 bits per heavy atom. The molecule has 5 nitrogen and oxygen atoms in total. The Labute approximate surface area is 150 Å². The number of aromatic nitrogens is 1. The fourth-order valence-electron chi connectivity index (χ4n) is 2.93. The van der Waals surface area contributed by atoms with Crippen LogP contribution in [0.3, 0.4) is 0 Å². The van der Waals surface area contributed by atoms with Gasteiger partial charge in [0.15, 0.2) is 5.11 Å². The maximum atomic E-state index is 11.6. The molecule has 2 aromatic rings. The van der Waals surface area contributed by atoms with Crippen LogP contribution in [0.5, 0.6) is 0 Å². The Kier molecular flexibility index (Phi) is 5.11. The molecule has 0 spiro atoms. The number of methoxy groups -OCH3 is 1. The fourth-order valence-corrected chi connectivity index (χ4v) is 4.34. The van der Waals surface area contributed by atoms with Crippen molar-refractivity contribution in [2.75, 3.05) is 13.7 Å². The average Bonchev–Trinajstić information content (AvgIpc) is 3.16. The van der Waals surface area contributed by atoms with Gasteiger partial charge in [0.25, 0.3) is 0 Å². The quantitative estimate of drug-likeness (QED) is 0.653. The van der Waals surface area contributed by atoms with Gasteiger partial charge in [-0.25, -0.2) is 0 Å². The van der Waals surface area contributed by atoms with E-state index in [1.807, 2.05) is 18.2 Å². The minimum Gasteiger partial charge on any atom is -0.469 e. The van der Waals surface area contributed by atoms with Gasteiger partial charge in [-0.05, 0) is 48.3 Å². The van der Waals surface area contributed by atoms with E-state index in [2.05, 4.69) is 33.6 Å². The Hall–Kier alpha value is -1.99. The number of hydrogen-bond donors (Lipinski definition) is 1. The highest BCUT2D eigenvalue weighted by atomic mass is 32.1. The molecule has 7 heteroatoms. The number of thiocarbonyl (C=S) groups is 1. The van der Waals surface area contributed by atoms with Crippen LogP contribution in [-0.2, 0) is 9.53 Å². The number of ether oxygens (including phenoxy) is 1. The van der Waals surface area contributed by atoms with Crippen LogP contribution in [0.1, 0.15) is 34.6 Å². The Balaban J connectivity index is 1.94. The lowest BCUT2D eigenvalue weighted by atomic mass is 10.0. The van der Waals surface area contributed by atoms with Gasteiger partial charge in [-0.3, -0.25) is 9.78 Å². The molecule has 0 bridgehead atoms. The first kappa shape index (κ1) is 16.9. The lowest BCUT2D eigenvalue weighted by molar-refractivity contribution is -0.140. The van der Waals surface area contributed by atoms with Gasteiger partial charge < -0.3 is 15.0 Å². The van der Waals surface area contributed by atoms with Gasteiger partial charge in [-0.15, -0.1) is 11.3 Å². The highest BCUT2D eigenvalue weighted by molar-refractivity contribution is 7.80. The highest BCUT2D eigenvalue weighted by Crippen LogP contribution is 2.41. The van der Waals surface area contributed by atoms with Crippen LogP contribution in [0.4, 0.5) is 0 Å². The summed E-state index contributed by atoms with van der Waals surface area (Å²) in [5, 5.41) is 6.11. The first-order valence-electron chi connectivity index (χ1n) is 7.70. The van der Waals surface area contributed by atoms with Gasteiger partial charge in [0.1, 0.15) is 0 Å². The molecule has 126 valence electrons. The largest absolute Gasteiger partial charge is 0.469 e. The number of rotatable bonds is 5. The molecule has 24 heavy (non-hydrogen) atoms. The van der Waals surface area contributed by atoms with E-state index in [1.165, 1.54) is 17.6 Å². The van der Waals surface area contributed by atoms with Crippen molar-refractivity contribution in [2.24, 2.45) is 0 Å². The molecule has 0 aliphatic carbocycles. The maximum Gasteiger partial charge on any atom is 0.307 e. The van der Waals surface area contributed by atoms with Crippen LogP contribution in [0.15, 0.2) is 35.8 Å². The normalized spacial score (nSPS) is 20.1. The van der Waals surface area contributed by atoms with Crippen molar-refractivity contribution >= 4 is 34.6 Å². The lowest BCUT2D eigenvalue weighted by Gasteiger charge is -2.27. The molecular weight excluding hydrogens is 342 g/mol. The number of nitrogens with zero attached hydrogens (tertiary/aromatic N) is 2. The van der Waals surface area contributed by atoms with Crippen molar-refractivity contribution in [3.8, 4) is 0 Å². The van der Waals surface area contributed by atoms with Crippen LogP contribution in [0, 0.1) is 6.92 Å². The second-order valence-corrected chi connectivity index (χ2v) is 6.95. The van der Waals surface area contributed by atoms with Crippen molar-refractivity contribution in [3.05, 3.63) is 52.0 Å². The summed E-state index contributed by atoms with van der Waals surface area (Å²) in [6.07, 6.45) is 2.09. The van der Waals surface area contributed by atoms with E-state index in [9.17, 15) is 4.79 Å². The number of carbonyl (C=O) groups excluding carboxylic acids is 1. The smallest absolute Gasteiger partial charge is 0.307 e. The van der Waals surface area contributed by atoms with Gasteiger partial charge in [-0.2, -0.15) is 0 Å². The topological polar surface area (TPSA) is 54.5 Å². The molecule has 1 aliphatic heterocycles. The Morgan fingerprint density at radius 1 is 1.46 bits per heavy atom. The zero-order chi connectivity index (χ0) is 17.1. The Morgan fingerprint density at radius 2 is 2.29 bits per heavy atom. The summed E-state index contributed by atoms with van der Waals surface area (Å²) in [4.78, 5) is 19.4. The maximum absolute atomic E-state index is 11.6. The molecule has 0 amide bonds. The fraction of sp³-hybridized carbons (Fsp3) is 0.353. The molecule has 1 saturated heterocycles. The summed E-state index contributed by atoms with van der Waals surface area (Å²) in [6, 6.07) is 7.97. The zero-order valence-electron chi connectivity index (χ0n) is 13.6. The van der Waals surface area contributed by atoms with Gasteiger partial charge in [0.2, 0.25) is 0 Å². The zero-order valence-corrected chi connectivity index (χ0v) is 15.2. The Bertz CT molecular complexity index is 732. The SMILES string of the molecule is COC(=O)CCN1C(=S)N[C@H](c2ccccn2)[C@@H]1c1sccc1C. The third kappa shape index (κ3) is 3.27. The van der Waals surface area contributed by atoms with Crippen LogP contribution in [0.25, 0.3) is 0 Å². The van der Waals surface area contributed by atoms with Gasteiger partial charge >= 0.3 is 5.97 Å². The molecule has 0 unspecified atom stereocenters. The van der Waals surface area contributed by atoms with Gasteiger partial charge in [-0.1, -0.05) is 6.07 Å². The summed E-state index contributed by atoms with van der Waals surface area (Å²) in [5.41, 5.74) is 2.17. The molecule has 1 aliphatic rings. The van der Waals surface area contributed by atoms with Crippen molar-refractivity contribution in [2.45, 2.75) is 25.4 Å². The van der Waals surface area contributed by atoms with Crippen molar-refractivity contribution in [1.29, 1.82) is 0 Å². The summed E-state index contributed by atoms with van der Waals surface area (Å²) < 4.78 is 4.77. The molecule has 3 heterocycles. The summed E-state index contributed by atoms with van der Waals surface area (Å²) in [5.74, 6) is -0.235. The predicted molar refractivity (Wildman–Crippen MR) is 97.8 cm³/mol. The molecular formula is C17H19N3O2S2. The number of esters is 1. The third-order valence-corrected chi connectivity index (χ3v) is 5.59. The van der Waals surface area contributed by atoms with Crippen LogP contribution in [-0.4, -0.2) is 34.6 Å². The highest BCUT2D eigenvalue weighted by Gasteiger charge is 2.40. The molecule has 0 aromatic carbocycles. The standard InChI is InChI=1S/C17H19N3O2S2/c1-11-7-10-24-16(11)15-14(12-5-3-4-8-18-12)19-17(23)20(15)9-6-13(21)22-2/h3-5,7-8,10,14-15H,6,9H2,1-2H3,(H,19,23)/t14-,15-/m1/s1. The van der Waals surface area contributed by atoms with E-state index in [-0.39, 0.29) is 18.1 Å². The minimum atomic E-state index is -0.235. The molecule has 1 fully saturated rings. The molecule has 0 saturated carbocycles. The minimum absolute atomic E-state index is 0.0251. The number of pyridine rings is 1. The number of carbonyl (C=O) groups is 1. The second-order valence-electron chi connectivity index (χ2n) is 5.61. The van der Waals surface area contributed by atoms with Crippen LogP contribution >= 0.6 is 23.6 Å². The summed E-state index contributed by atoms with van der Waals surface area (Å²) in [7, 11) is 1.40.